The number of thioether (sulfide) groups is 1. The lowest BCUT2D eigenvalue weighted by molar-refractivity contribution is -0.137. The molecule has 1 aliphatic rings. The highest BCUT2D eigenvalue weighted by atomic mass is 32.2. The van der Waals surface area contributed by atoms with E-state index in [1.807, 2.05) is 6.92 Å². The Morgan fingerprint density at radius 1 is 1.53 bits per heavy atom. The summed E-state index contributed by atoms with van der Waals surface area (Å²) in [4.78, 5) is 24.4. The Morgan fingerprint density at radius 2 is 2.32 bits per heavy atom. The summed E-state index contributed by atoms with van der Waals surface area (Å²) in [6.45, 7) is 4.41. The van der Waals surface area contributed by atoms with Crippen LogP contribution in [0.4, 0.5) is 4.79 Å². The Kier molecular flexibility index (Phi) is 7.66. The van der Waals surface area contributed by atoms with Gasteiger partial charge in [-0.2, -0.15) is 11.8 Å². The second-order valence-electron chi connectivity index (χ2n) is 4.30. The normalized spacial score (nSPS) is 19.2. The van der Waals surface area contributed by atoms with Gasteiger partial charge in [0.05, 0.1) is 12.5 Å². The molecule has 1 saturated heterocycles. The zero-order chi connectivity index (χ0) is 14.1. The van der Waals surface area contributed by atoms with E-state index in [2.05, 4.69) is 5.32 Å². The van der Waals surface area contributed by atoms with Gasteiger partial charge in [0.25, 0.3) is 0 Å². The topological polar surface area (TPSA) is 78.9 Å². The van der Waals surface area contributed by atoms with Crippen LogP contribution < -0.4 is 5.32 Å². The van der Waals surface area contributed by atoms with E-state index in [9.17, 15) is 9.59 Å². The van der Waals surface area contributed by atoms with Crippen LogP contribution >= 0.6 is 11.8 Å². The molecule has 2 N–H and O–H groups in total. The van der Waals surface area contributed by atoms with E-state index in [1.54, 1.807) is 16.7 Å². The Bertz CT molecular complexity index is 301. The number of carbonyl (C=O) groups excluding carboxylic acids is 1. The summed E-state index contributed by atoms with van der Waals surface area (Å²) in [6.07, 6.45) is 0.783. The van der Waals surface area contributed by atoms with Gasteiger partial charge < -0.3 is 20.1 Å². The first-order valence-corrected chi connectivity index (χ1v) is 7.72. The van der Waals surface area contributed by atoms with Crippen molar-refractivity contribution in [3.63, 3.8) is 0 Å². The molecular weight excluding hydrogens is 268 g/mol. The zero-order valence-electron chi connectivity index (χ0n) is 11.3. The summed E-state index contributed by atoms with van der Waals surface area (Å²) < 4.78 is 5.19. The SMILES string of the molecule is CCOCCCNC(=O)N1CCSCC1CC(=O)O. The van der Waals surface area contributed by atoms with Gasteiger partial charge in [0, 0.05) is 37.8 Å². The first kappa shape index (κ1) is 16.1. The molecule has 1 atom stereocenters. The fourth-order valence-corrected chi connectivity index (χ4v) is 2.97. The van der Waals surface area contributed by atoms with Crippen molar-refractivity contribution in [1.29, 1.82) is 0 Å². The lowest BCUT2D eigenvalue weighted by Crippen LogP contribution is -2.51. The average molecular weight is 290 g/mol. The lowest BCUT2D eigenvalue weighted by atomic mass is 10.2. The van der Waals surface area contributed by atoms with Crippen LogP contribution in [-0.4, -0.2) is 65.9 Å². The van der Waals surface area contributed by atoms with Crippen LogP contribution in [0.15, 0.2) is 0 Å². The maximum atomic E-state index is 12.0. The monoisotopic (exact) mass is 290 g/mol. The third-order valence-corrected chi connectivity index (χ3v) is 3.94. The maximum Gasteiger partial charge on any atom is 0.317 e. The molecule has 0 aromatic heterocycles. The smallest absolute Gasteiger partial charge is 0.317 e. The number of carboxylic acids is 1. The Hall–Kier alpha value is -0.950. The summed E-state index contributed by atoms with van der Waals surface area (Å²) in [6, 6.07) is -0.369. The molecule has 6 nitrogen and oxygen atoms in total. The van der Waals surface area contributed by atoms with Crippen molar-refractivity contribution in [2.45, 2.75) is 25.8 Å². The number of hydrogen-bond donors (Lipinski definition) is 2. The summed E-state index contributed by atoms with van der Waals surface area (Å²) in [5.74, 6) is 0.697. The number of rotatable bonds is 7. The molecule has 1 fully saturated rings. The van der Waals surface area contributed by atoms with Crippen molar-refractivity contribution in [2.24, 2.45) is 0 Å². The Labute approximate surface area is 117 Å². The maximum absolute atomic E-state index is 12.0. The van der Waals surface area contributed by atoms with E-state index in [-0.39, 0.29) is 18.5 Å². The van der Waals surface area contributed by atoms with Crippen molar-refractivity contribution in [3.05, 3.63) is 0 Å². The van der Waals surface area contributed by atoms with Gasteiger partial charge in [-0.25, -0.2) is 4.79 Å². The molecular formula is C12H22N2O4S. The van der Waals surface area contributed by atoms with Crippen molar-refractivity contribution < 1.29 is 19.4 Å². The third-order valence-electron chi connectivity index (χ3n) is 2.84. The minimum atomic E-state index is -0.860. The lowest BCUT2D eigenvalue weighted by Gasteiger charge is -2.34. The Morgan fingerprint density at radius 3 is 3.00 bits per heavy atom. The van der Waals surface area contributed by atoms with Gasteiger partial charge >= 0.3 is 12.0 Å². The summed E-state index contributed by atoms with van der Waals surface area (Å²) >= 11 is 1.70. The number of aliphatic carboxylic acids is 1. The molecule has 0 saturated carbocycles. The number of urea groups is 1. The molecule has 0 aliphatic carbocycles. The van der Waals surface area contributed by atoms with Crippen molar-refractivity contribution in [3.8, 4) is 0 Å². The predicted molar refractivity (Wildman–Crippen MR) is 74.6 cm³/mol. The standard InChI is InChI=1S/C12H22N2O4S/c1-2-18-6-3-4-13-12(17)14-5-7-19-9-10(14)8-11(15)16/h10H,2-9H2,1H3,(H,13,17)(H,15,16). The molecule has 1 heterocycles. The second kappa shape index (κ2) is 9.03. The number of ether oxygens (including phenoxy) is 1. The van der Waals surface area contributed by atoms with Gasteiger partial charge in [-0.3, -0.25) is 4.79 Å². The molecule has 0 bridgehead atoms. The predicted octanol–water partition coefficient (Wildman–Crippen LogP) is 1.01. The molecule has 1 rings (SSSR count). The molecule has 19 heavy (non-hydrogen) atoms. The first-order chi connectivity index (χ1) is 9.15. The molecule has 0 radical (unpaired) electrons. The van der Waals surface area contributed by atoms with Gasteiger partial charge in [-0.15, -0.1) is 0 Å². The van der Waals surface area contributed by atoms with Gasteiger partial charge in [-0.05, 0) is 13.3 Å². The summed E-state index contributed by atoms with van der Waals surface area (Å²) in [5, 5.41) is 11.7. The first-order valence-electron chi connectivity index (χ1n) is 6.57. The average Bonchev–Trinajstić information content (AvgIpc) is 2.38. The molecule has 2 amide bonds. The van der Waals surface area contributed by atoms with Crippen molar-refractivity contribution >= 4 is 23.8 Å². The van der Waals surface area contributed by atoms with Gasteiger partial charge in [0.15, 0.2) is 0 Å². The largest absolute Gasteiger partial charge is 0.481 e. The highest BCUT2D eigenvalue weighted by Crippen LogP contribution is 2.18. The molecule has 1 aliphatic heterocycles. The highest BCUT2D eigenvalue weighted by Gasteiger charge is 2.28. The Balaban J connectivity index is 2.32. The molecule has 0 aromatic rings. The minimum absolute atomic E-state index is 0.0133. The van der Waals surface area contributed by atoms with Crippen molar-refractivity contribution in [1.82, 2.24) is 10.2 Å². The molecule has 7 heteroatoms. The van der Waals surface area contributed by atoms with E-state index in [0.29, 0.717) is 32.1 Å². The fraction of sp³-hybridized carbons (Fsp3) is 0.833. The summed E-state index contributed by atoms with van der Waals surface area (Å²) in [7, 11) is 0. The van der Waals surface area contributed by atoms with Crippen LogP contribution in [0, 0.1) is 0 Å². The molecule has 0 spiro atoms. The molecule has 1 unspecified atom stereocenters. The number of amides is 2. The van der Waals surface area contributed by atoms with Crippen LogP contribution in [-0.2, 0) is 9.53 Å². The number of nitrogens with zero attached hydrogens (tertiary/aromatic N) is 1. The van der Waals surface area contributed by atoms with Crippen molar-refractivity contribution in [2.75, 3.05) is 37.8 Å². The second-order valence-corrected chi connectivity index (χ2v) is 5.45. The van der Waals surface area contributed by atoms with Crippen LogP contribution in [0.5, 0.6) is 0 Å². The van der Waals surface area contributed by atoms with E-state index in [4.69, 9.17) is 9.84 Å². The van der Waals surface area contributed by atoms with E-state index in [1.165, 1.54) is 0 Å². The van der Waals surface area contributed by atoms with Gasteiger partial charge in [0.1, 0.15) is 0 Å². The van der Waals surface area contributed by atoms with Crippen LogP contribution in [0.2, 0.25) is 0 Å². The van der Waals surface area contributed by atoms with E-state index < -0.39 is 5.97 Å². The number of hydrogen-bond acceptors (Lipinski definition) is 4. The van der Waals surface area contributed by atoms with Gasteiger partial charge in [-0.1, -0.05) is 0 Å². The van der Waals surface area contributed by atoms with E-state index in [0.717, 1.165) is 12.2 Å². The minimum Gasteiger partial charge on any atom is -0.481 e. The number of carbonyl (C=O) groups is 2. The van der Waals surface area contributed by atoms with Crippen LogP contribution in [0.1, 0.15) is 19.8 Å². The number of nitrogens with one attached hydrogen (secondary N) is 1. The molecule has 0 aromatic carbocycles. The number of carboxylic acid groups (broad SMARTS) is 1. The quantitative estimate of drug-likeness (QED) is 0.684. The third kappa shape index (κ3) is 6.15. The zero-order valence-corrected chi connectivity index (χ0v) is 12.1. The fourth-order valence-electron chi connectivity index (χ4n) is 1.91. The highest BCUT2D eigenvalue weighted by molar-refractivity contribution is 7.99. The van der Waals surface area contributed by atoms with Gasteiger partial charge in [0.2, 0.25) is 0 Å². The summed E-state index contributed by atoms with van der Waals surface area (Å²) in [5.41, 5.74) is 0. The van der Waals surface area contributed by atoms with E-state index >= 15 is 0 Å². The molecule has 110 valence electrons. The van der Waals surface area contributed by atoms with Crippen LogP contribution in [0.25, 0.3) is 0 Å². The van der Waals surface area contributed by atoms with Crippen LogP contribution in [0.3, 0.4) is 0 Å².